The SMILES string of the molecule is CN1CCC(CCN(C)C(=O)CCS)CC1. The number of thiol groups is 1. The van der Waals surface area contributed by atoms with Crippen LogP contribution in [0.1, 0.15) is 25.7 Å². The van der Waals surface area contributed by atoms with Crippen molar-refractivity contribution in [3.05, 3.63) is 0 Å². The van der Waals surface area contributed by atoms with Crippen LogP contribution in [0.3, 0.4) is 0 Å². The molecule has 1 saturated heterocycles. The first-order valence-corrected chi connectivity index (χ1v) is 6.80. The van der Waals surface area contributed by atoms with E-state index in [1.165, 1.54) is 25.9 Å². The number of amides is 1. The molecule has 0 aromatic heterocycles. The average Bonchev–Trinajstić information content (AvgIpc) is 2.28. The van der Waals surface area contributed by atoms with Crippen LogP contribution in [0.5, 0.6) is 0 Å². The van der Waals surface area contributed by atoms with E-state index >= 15 is 0 Å². The number of nitrogens with zero attached hydrogens (tertiary/aromatic N) is 2. The fraction of sp³-hybridized carbons (Fsp3) is 0.917. The Morgan fingerprint density at radius 2 is 2.06 bits per heavy atom. The van der Waals surface area contributed by atoms with E-state index in [-0.39, 0.29) is 5.91 Å². The minimum atomic E-state index is 0.225. The van der Waals surface area contributed by atoms with Gasteiger partial charge >= 0.3 is 0 Å². The van der Waals surface area contributed by atoms with Gasteiger partial charge in [-0.05, 0) is 51.1 Å². The Kier molecular flexibility index (Phi) is 6.21. The topological polar surface area (TPSA) is 23.6 Å². The molecule has 1 amide bonds. The van der Waals surface area contributed by atoms with Gasteiger partial charge in [-0.3, -0.25) is 4.79 Å². The number of rotatable bonds is 5. The number of carbonyl (C=O) groups is 1. The molecule has 0 aromatic rings. The Labute approximate surface area is 105 Å². The standard InChI is InChI=1S/C12H24N2OS/c1-13-7-3-11(4-8-13)5-9-14(2)12(15)6-10-16/h11,16H,3-10H2,1-2H3. The molecule has 0 saturated carbocycles. The van der Waals surface area contributed by atoms with E-state index in [1.54, 1.807) is 0 Å². The molecule has 1 aliphatic heterocycles. The smallest absolute Gasteiger partial charge is 0.223 e. The van der Waals surface area contributed by atoms with Crippen LogP contribution >= 0.6 is 12.6 Å². The molecule has 0 bridgehead atoms. The maximum absolute atomic E-state index is 11.5. The zero-order valence-corrected chi connectivity index (χ0v) is 11.4. The molecule has 1 heterocycles. The molecule has 0 N–H and O–H groups in total. The molecule has 0 unspecified atom stereocenters. The molecular formula is C12H24N2OS. The highest BCUT2D eigenvalue weighted by Gasteiger charge is 2.17. The van der Waals surface area contributed by atoms with Gasteiger partial charge in [0.05, 0.1) is 0 Å². The van der Waals surface area contributed by atoms with Crippen LogP contribution in [0.2, 0.25) is 0 Å². The van der Waals surface area contributed by atoms with Gasteiger partial charge in [0.25, 0.3) is 0 Å². The molecule has 4 heteroatoms. The average molecular weight is 244 g/mol. The molecule has 0 radical (unpaired) electrons. The summed E-state index contributed by atoms with van der Waals surface area (Å²) < 4.78 is 0. The molecule has 3 nitrogen and oxygen atoms in total. The molecule has 0 aromatic carbocycles. The zero-order valence-electron chi connectivity index (χ0n) is 10.5. The van der Waals surface area contributed by atoms with Crippen LogP contribution in [0.4, 0.5) is 0 Å². The van der Waals surface area contributed by atoms with Crippen molar-refractivity contribution in [1.29, 1.82) is 0 Å². The fourth-order valence-corrected chi connectivity index (χ4v) is 2.33. The number of likely N-dealkylation sites (tertiary alicyclic amines) is 1. The second kappa shape index (κ2) is 7.17. The van der Waals surface area contributed by atoms with Crippen molar-refractivity contribution < 1.29 is 4.79 Å². The highest BCUT2D eigenvalue weighted by molar-refractivity contribution is 7.80. The molecule has 1 fully saturated rings. The van der Waals surface area contributed by atoms with E-state index in [1.807, 2.05) is 11.9 Å². The minimum absolute atomic E-state index is 0.225. The van der Waals surface area contributed by atoms with Gasteiger partial charge in [0, 0.05) is 20.0 Å². The lowest BCUT2D eigenvalue weighted by molar-refractivity contribution is -0.129. The Morgan fingerprint density at radius 3 is 2.62 bits per heavy atom. The predicted octanol–water partition coefficient (Wildman–Crippen LogP) is 1.50. The highest BCUT2D eigenvalue weighted by Crippen LogP contribution is 2.19. The van der Waals surface area contributed by atoms with Gasteiger partial charge < -0.3 is 9.80 Å². The van der Waals surface area contributed by atoms with Crippen LogP contribution in [-0.4, -0.2) is 55.2 Å². The lowest BCUT2D eigenvalue weighted by Crippen LogP contribution is -2.33. The predicted molar refractivity (Wildman–Crippen MR) is 70.9 cm³/mol. The summed E-state index contributed by atoms with van der Waals surface area (Å²) in [6, 6.07) is 0. The van der Waals surface area contributed by atoms with E-state index in [0.29, 0.717) is 12.2 Å². The van der Waals surface area contributed by atoms with Crippen LogP contribution in [-0.2, 0) is 4.79 Å². The molecule has 1 aliphatic rings. The van der Waals surface area contributed by atoms with Gasteiger partial charge in [-0.1, -0.05) is 0 Å². The lowest BCUT2D eigenvalue weighted by atomic mass is 9.94. The third kappa shape index (κ3) is 4.74. The third-order valence-electron chi connectivity index (χ3n) is 3.46. The van der Waals surface area contributed by atoms with E-state index in [4.69, 9.17) is 0 Å². The van der Waals surface area contributed by atoms with Crippen molar-refractivity contribution in [3.63, 3.8) is 0 Å². The van der Waals surface area contributed by atoms with E-state index in [0.717, 1.165) is 18.9 Å². The van der Waals surface area contributed by atoms with Crippen LogP contribution in [0.15, 0.2) is 0 Å². The first-order chi connectivity index (χ1) is 7.63. The van der Waals surface area contributed by atoms with Gasteiger partial charge in [-0.25, -0.2) is 0 Å². The van der Waals surface area contributed by atoms with Crippen molar-refractivity contribution in [3.8, 4) is 0 Å². The zero-order chi connectivity index (χ0) is 12.0. The van der Waals surface area contributed by atoms with Gasteiger partial charge in [-0.2, -0.15) is 12.6 Å². The largest absolute Gasteiger partial charge is 0.346 e. The summed E-state index contributed by atoms with van der Waals surface area (Å²) in [5.74, 6) is 1.68. The van der Waals surface area contributed by atoms with Crippen LogP contribution < -0.4 is 0 Å². The third-order valence-corrected chi connectivity index (χ3v) is 3.69. The highest BCUT2D eigenvalue weighted by atomic mass is 32.1. The second-order valence-corrected chi connectivity index (χ2v) is 5.27. The maximum Gasteiger partial charge on any atom is 0.223 e. The van der Waals surface area contributed by atoms with Crippen LogP contribution in [0, 0.1) is 5.92 Å². The Hall–Kier alpha value is -0.220. The Morgan fingerprint density at radius 1 is 1.44 bits per heavy atom. The van der Waals surface area contributed by atoms with Gasteiger partial charge in [0.1, 0.15) is 0 Å². The number of piperidine rings is 1. The van der Waals surface area contributed by atoms with Crippen LogP contribution in [0.25, 0.3) is 0 Å². The summed E-state index contributed by atoms with van der Waals surface area (Å²) in [6.07, 6.45) is 4.28. The van der Waals surface area contributed by atoms with E-state index in [9.17, 15) is 4.79 Å². The first kappa shape index (κ1) is 13.8. The molecule has 0 spiro atoms. The minimum Gasteiger partial charge on any atom is -0.346 e. The molecular weight excluding hydrogens is 220 g/mol. The first-order valence-electron chi connectivity index (χ1n) is 6.17. The van der Waals surface area contributed by atoms with Gasteiger partial charge in [0.2, 0.25) is 5.91 Å². The molecule has 94 valence electrons. The van der Waals surface area contributed by atoms with Crippen molar-refractivity contribution in [2.24, 2.45) is 5.92 Å². The summed E-state index contributed by atoms with van der Waals surface area (Å²) >= 11 is 4.08. The number of carbonyl (C=O) groups excluding carboxylic acids is 1. The summed E-state index contributed by atoms with van der Waals surface area (Å²) in [4.78, 5) is 15.8. The Balaban J connectivity index is 2.16. The van der Waals surface area contributed by atoms with Gasteiger partial charge in [0.15, 0.2) is 0 Å². The van der Waals surface area contributed by atoms with E-state index < -0.39 is 0 Å². The van der Waals surface area contributed by atoms with Crippen molar-refractivity contribution in [2.75, 3.05) is 39.5 Å². The van der Waals surface area contributed by atoms with Crippen molar-refractivity contribution in [2.45, 2.75) is 25.7 Å². The monoisotopic (exact) mass is 244 g/mol. The summed E-state index contributed by atoms with van der Waals surface area (Å²) in [6.45, 7) is 3.32. The maximum atomic E-state index is 11.5. The van der Waals surface area contributed by atoms with E-state index in [2.05, 4.69) is 24.6 Å². The molecule has 1 rings (SSSR count). The summed E-state index contributed by atoms with van der Waals surface area (Å²) in [5, 5.41) is 0. The lowest BCUT2D eigenvalue weighted by Gasteiger charge is -2.30. The second-order valence-electron chi connectivity index (χ2n) is 4.82. The summed E-state index contributed by atoms with van der Waals surface area (Å²) in [5.41, 5.74) is 0. The number of hydrogen-bond donors (Lipinski definition) is 1. The molecule has 16 heavy (non-hydrogen) atoms. The van der Waals surface area contributed by atoms with Crippen molar-refractivity contribution >= 4 is 18.5 Å². The quantitative estimate of drug-likeness (QED) is 0.741. The Bertz CT molecular complexity index is 215. The molecule has 0 aliphatic carbocycles. The molecule has 0 atom stereocenters. The normalized spacial score (nSPS) is 18.7. The summed E-state index contributed by atoms with van der Waals surface area (Å²) in [7, 11) is 4.08. The number of hydrogen-bond acceptors (Lipinski definition) is 3. The van der Waals surface area contributed by atoms with Crippen molar-refractivity contribution in [1.82, 2.24) is 9.80 Å². The van der Waals surface area contributed by atoms with Gasteiger partial charge in [-0.15, -0.1) is 0 Å². The fourth-order valence-electron chi connectivity index (χ4n) is 2.14.